The number of thiophene rings is 1. The van der Waals surface area contributed by atoms with Gasteiger partial charge in [-0.1, -0.05) is 19.1 Å². The third-order valence-electron chi connectivity index (χ3n) is 4.85. The highest BCUT2D eigenvalue weighted by Crippen LogP contribution is 2.22. The molecule has 168 valence electrons. The quantitative estimate of drug-likeness (QED) is 0.259. The van der Waals surface area contributed by atoms with Gasteiger partial charge in [0.25, 0.3) is 0 Å². The minimum absolute atomic E-state index is 0.261. The molecule has 0 spiro atoms. The van der Waals surface area contributed by atoms with Crippen molar-refractivity contribution >= 4 is 35.0 Å². The first-order valence-corrected chi connectivity index (χ1v) is 11.7. The van der Waals surface area contributed by atoms with E-state index in [1.807, 2.05) is 35.6 Å². The summed E-state index contributed by atoms with van der Waals surface area (Å²) in [6.07, 6.45) is 5.93. The fourth-order valence-corrected chi connectivity index (χ4v) is 4.17. The van der Waals surface area contributed by atoms with E-state index in [0.29, 0.717) is 6.42 Å². The van der Waals surface area contributed by atoms with Crippen LogP contribution in [0.25, 0.3) is 6.08 Å². The van der Waals surface area contributed by atoms with Gasteiger partial charge < -0.3 is 14.8 Å². The van der Waals surface area contributed by atoms with E-state index in [-0.39, 0.29) is 6.61 Å². The summed E-state index contributed by atoms with van der Waals surface area (Å²) in [5.41, 5.74) is 3.41. The molecular weight excluding hydrogens is 410 g/mol. The van der Waals surface area contributed by atoms with Gasteiger partial charge in [0.15, 0.2) is 6.10 Å². The Morgan fingerprint density at radius 2 is 1.87 bits per heavy atom. The Morgan fingerprint density at radius 1 is 1.13 bits per heavy atom. The summed E-state index contributed by atoms with van der Waals surface area (Å²) < 4.78 is 10.1. The van der Waals surface area contributed by atoms with Crippen LogP contribution >= 0.6 is 11.3 Å². The first-order chi connectivity index (χ1) is 14.9. The van der Waals surface area contributed by atoms with Crippen molar-refractivity contribution in [3.63, 3.8) is 0 Å². The van der Waals surface area contributed by atoms with Crippen LogP contribution in [0.1, 0.15) is 54.0 Å². The smallest absolute Gasteiger partial charge is 0.347 e. The highest BCUT2D eigenvalue weighted by Gasteiger charge is 2.21. The molecule has 6 heteroatoms. The lowest BCUT2D eigenvalue weighted by Gasteiger charge is -2.13. The number of carbonyl (C=O) groups excluding carboxylic acids is 2. The van der Waals surface area contributed by atoms with Gasteiger partial charge in [-0.15, -0.1) is 11.3 Å². The van der Waals surface area contributed by atoms with Crippen molar-refractivity contribution in [2.24, 2.45) is 0 Å². The Labute approximate surface area is 189 Å². The van der Waals surface area contributed by atoms with Crippen LogP contribution in [-0.4, -0.2) is 31.2 Å². The number of anilines is 1. The van der Waals surface area contributed by atoms with E-state index in [9.17, 15) is 9.59 Å². The van der Waals surface area contributed by atoms with Gasteiger partial charge in [0, 0.05) is 28.1 Å². The lowest BCUT2D eigenvalue weighted by atomic mass is 10.1. The van der Waals surface area contributed by atoms with Crippen molar-refractivity contribution < 1.29 is 19.1 Å². The molecule has 0 radical (unpaired) electrons. The van der Waals surface area contributed by atoms with Crippen molar-refractivity contribution in [1.29, 1.82) is 0 Å². The van der Waals surface area contributed by atoms with Crippen LogP contribution in [0.15, 0.2) is 36.4 Å². The van der Waals surface area contributed by atoms with Gasteiger partial charge in [-0.25, -0.2) is 9.59 Å². The van der Waals surface area contributed by atoms with Crippen molar-refractivity contribution in [3.8, 4) is 0 Å². The molecule has 31 heavy (non-hydrogen) atoms. The van der Waals surface area contributed by atoms with E-state index in [1.165, 1.54) is 21.4 Å². The predicted molar refractivity (Wildman–Crippen MR) is 128 cm³/mol. The number of benzene rings is 1. The van der Waals surface area contributed by atoms with Crippen LogP contribution in [0.2, 0.25) is 0 Å². The molecule has 0 aliphatic heterocycles. The van der Waals surface area contributed by atoms with Gasteiger partial charge in [0.1, 0.15) is 0 Å². The molecule has 1 aromatic carbocycles. The molecular formula is C25H33NO4S. The minimum atomic E-state index is -0.864. The number of nitrogens with one attached hydrogen (secondary N) is 1. The maximum atomic E-state index is 12.0. The minimum Gasteiger partial charge on any atom is -0.463 e. The summed E-state index contributed by atoms with van der Waals surface area (Å²) in [5, 5.41) is 3.44. The van der Waals surface area contributed by atoms with E-state index in [1.54, 1.807) is 19.9 Å². The molecule has 0 aliphatic carbocycles. The number of ether oxygens (including phenoxy) is 2. The van der Waals surface area contributed by atoms with Gasteiger partial charge in [0.2, 0.25) is 0 Å². The zero-order valence-corrected chi connectivity index (χ0v) is 19.7. The number of unbranched alkanes of at least 4 members (excludes halogenated alkanes) is 1. The highest BCUT2D eigenvalue weighted by atomic mass is 32.1. The molecule has 0 amide bonds. The summed E-state index contributed by atoms with van der Waals surface area (Å²) in [4.78, 5) is 26.5. The van der Waals surface area contributed by atoms with Gasteiger partial charge in [-0.3, -0.25) is 0 Å². The molecule has 5 nitrogen and oxygen atoms in total. The second kappa shape index (κ2) is 13.0. The van der Waals surface area contributed by atoms with Gasteiger partial charge in [-0.05, 0) is 81.9 Å². The summed E-state index contributed by atoms with van der Waals surface area (Å²) in [6.45, 7) is 9.04. The van der Waals surface area contributed by atoms with E-state index < -0.39 is 18.0 Å². The second-order valence-corrected chi connectivity index (χ2v) is 8.82. The molecule has 1 unspecified atom stereocenters. The largest absolute Gasteiger partial charge is 0.463 e. The number of esters is 2. The zero-order valence-electron chi connectivity index (χ0n) is 18.9. The van der Waals surface area contributed by atoms with Crippen LogP contribution in [0, 0.1) is 13.8 Å². The fraction of sp³-hybridized carbons (Fsp3) is 0.440. The van der Waals surface area contributed by atoms with Gasteiger partial charge in [-0.2, -0.15) is 0 Å². The summed E-state index contributed by atoms with van der Waals surface area (Å²) >= 11 is 1.87. The van der Waals surface area contributed by atoms with Crippen LogP contribution < -0.4 is 5.32 Å². The Kier molecular flexibility index (Phi) is 10.3. The summed E-state index contributed by atoms with van der Waals surface area (Å²) in [6, 6.07) is 10.2. The van der Waals surface area contributed by atoms with Gasteiger partial charge >= 0.3 is 11.9 Å². The maximum Gasteiger partial charge on any atom is 0.347 e. The first kappa shape index (κ1) is 24.7. The molecule has 2 aromatic rings. The Hall–Kier alpha value is -2.60. The maximum absolute atomic E-state index is 12.0. The van der Waals surface area contributed by atoms with Crippen LogP contribution in [0.5, 0.6) is 0 Å². The molecule has 0 aliphatic rings. The van der Waals surface area contributed by atoms with E-state index in [4.69, 9.17) is 9.47 Å². The monoisotopic (exact) mass is 443 g/mol. The van der Waals surface area contributed by atoms with Crippen LogP contribution in [-0.2, 0) is 25.5 Å². The van der Waals surface area contributed by atoms with E-state index in [0.717, 1.165) is 37.1 Å². The number of carbonyl (C=O) groups is 2. The lowest BCUT2D eigenvalue weighted by molar-refractivity contribution is -0.164. The van der Waals surface area contributed by atoms with Crippen molar-refractivity contribution in [2.75, 3.05) is 18.5 Å². The molecule has 1 aromatic heterocycles. The Balaban J connectivity index is 1.72. The topological polar surface area (TPSA) is 64.6 Å². The number of aryl methyl sites for hydroxylation is 3. The first-order valence-electron chi connectivity index (χ1n) is 10.9. The molecule has 0 saturated heterocycles. The SMILES string of the molecule is CCOC(=O)C(CC)OC(=O)C=Cc1ccc(NCCCCc2cc(C)sc2C)cc1. The Morgan fingerprint density at radius 3 is 2.48 bits per heavy atom. The van der Waals surface area contributed by atoms with Gasteiger partial charge in [0.05, 0.1) is 6.61 Å². The van der Waals surface area contributed by atoms with E-state index in [2.05, 4.69) is 25.2 Å². The summed E-state index contributed by atoms with van der Waals surface area (Å²) in [7, 11) is 0. The van der Waals surface area contributed by atoms with Crippen molar-refractivity contribution in [1.82, 2.24) is 0 Å². The molecule has 0 fully saturated rings. The van der Waals surface area contributed by atoms with Crippen molar-refractivity contribution in [3.05, 3.63) is 57.3 Å². The zero-order chi connectivity index (χ0) is 22.6. The predicted octanol–water partition coefficient (Wildman–Crippen LogP) is 5.70. The van der Waals surface area contributed by atoms with E-state index >= 15 is 0 Å². The number of hydrogen-bond donors (Lipinski definition) is 1. The average molecular weight is 444 g/mol. The third-order valence-corrected chi connectivity index (χ3v) is 5.86. The second-order valence-electron chi connectivity index (χ2n) is 7.36. The number of hydrogen-bond acceptors (Lipinski definition) is 6. The van der Waals surface area contributed by atoms with Crippen LogP contribution in [0.3, 0.4) is 0 Å². The normalized spacial score (nSPS) is 12.0. The molecule has 1 atom stereocenters. The third kappa shape index (κ3) is 8.58. The highest BCUT2D eigenvalue weighted by molar-refractivity contribution is 7.12. The van der Waals surface area contributed by atoms with Crippen LogP contribution in [0.4, 0.5) is 5.69 Å². The lowest BCUT2D eigenvalue weighted by Crippen LogP contribution is -2.27. The fourth-order valence-electron chi connectivity index (χ4n) is 3.19. The molecule has 1 N–H and O–H groups in total. The summed E-state index contributed by atoms with van der Waals surface area (Å²) in [5.74, 6) is -1.07. The number of rotatable bonds is 12. The average Bonchev–Trinajstić information content (AvgIpc) is 3.08. The van der Waals surface area contributed by atoms with Crippen molar-refractivity contribution in [2.45, 2.75) is 59.5 Å². The Bertz CT molecular complexity index is 870. The molecule has 0 saturated carbocycles. The molecule has 1 heterocycles. The molecule has 2 rings (SSSR count). The standard InChI is InChI=1S/C25H33NO4S/c1-5-23(25(28)29-6-2)30-24(27)15-12-20-10-13-22(14-11-20)26-16-8-7-9-21-17-18(3)31-19(21)4/h10-15,17,23,26H,5-9,16H2,1-4H3. The molecule has 0 bridgehead atoms.